The molecule has 12 aliphatic rings. The summed E-state index contributed by atoms with van der Waals surface area (Å²) in [5.41, 5.74) is 5.27. The van der Waals surface area contributed by atoms with Crippen molar-refractivity contribution in [2.45, 2.75) is 276 Å². The summed E-state index contributed by atoms with van der Waals surface area (Å²) >= 11 is 1.93. The first-order chi connectivity index (χ1) is 53.7. The van der Waals surface area contributed by atoms with Crippen LogP contribution in [0.4, 0.5) is 0 Å². The van der Waals surface area contributed by atoms with E-state index in [1.165, 1.54) is 80.2 Å². The number of carbonyl (C=O) groups excluding carboxylic acids is 1. The molecule has 1 aromatic heterocycles. The molecule has 1 heterocycles. The fourth-order valence-corrected chi connectivity index (χ4v) is 34.1. The maximum atomic E-state index is 12.1. The molecule has 0 N–H and O–H groups in total. The lowest BCUT2D eigenvalue weighted by atomic mass is 9.41. The standard InChI is InChI=1S/C42H64O2.C30H50.C21H34O2.C12H20S.H5P3/c1-20-21(2)34-24(5)25(6)36-28(9)31(19-30(17-14-18-32(43)44-10)29-15-12-11-13-16-29)37-27(8)26(7)35-23(4)22(3)33(20)38-39(34)41(36)42(37)40(35)38;1-11-12(2)22-15(5)16(6)24-19(9)20(10)25-18(8)17(7)23-14(4)13(3)21(11)26-27(22)29(24)30(25)28(23)26;1-7-9-19-15-20(22-6)18(5)14-21(19)23-13-12-17(4)11-8-10-16(2)3;1-4-5-6-7-8-12-9-10(2)13-11(12)3;1-3-2/h11-13,15-16,20-28,30-31,33-42H,14,17-19H2,1-10H3;11-30H,1-10H3;7,9,14-17H,8,10-13H2,1-6H3;9H,4-8H2,1-3H3;3H,1-2H2/b;;9-7+;;. The molecule has 0 amide bonds. The highest BCUT2D eigenvalue weighted by Crippen LogP contribution is 2.81. The average molecular weight is 1620 g/mol. The Balaban J connectivity index is 0.000000159. The Kier molecular flexibility index (Phi) is 31.9. The Labute approximate surface area is 707 Å². The summed E-state index contributed by atoms with van der Waals surface area (Å²) in [4.78, 5) is 15.1. The first-order valence-electron chi connectivity index (χ1n) is 48.0. The van der Waals surface area contributed by atoms with Crippen LogP contribution < -0.4 is 9.47 Å². The lowest BCUT2D eigenvalue weighted by Gasteiger charge is -2.63. The fourth-order valence-electron chi connectivity index (χ4n) is 33.1. The molecular weight excluding hydrogens is 1450 g/mol. The van der Waals surface area contributed by atoms with Gasteiger partial charge in [0.05, 0.1) is 20.8 Å². The lowest BCUT2D eigenvalue weighted by molar-refractivity contribution is -0.159. The van der Waals surface area contributed by atoms with E-state index in [9.17, 15) is 4.79 Å². The van der Waals surface area contributed by atoms with Crippen molar-refractivity contribution < 1.29 is 19.0 Å². The third-order valence-corrected chi connectivity index (χ3v) is 39.7. The van der Waals surface area contributed by atoms with Crippen molar-refractivity contribution in [3.8, 4) is 11.5 Å². The number of ether oxygens (including phenoxy) is 3. The van der Waals surface area contributed by atoms with Crippen molar-refractivity contribution in [2.75, 3.05) is 20.8 Å². The second kappa shape index (κ2) is 39.2. The van der Waals surface area contributed by atoms with Crippen molar-refractivity contribution in [2.24, 2.45) is 249 Å². The zero-order valence-electron chi connectivity index (χ0n) is 77.7. The summed E-state index contributed by atoms with van der Waals surface area (Å²) in [6.45, 7) is 69.7. The van der Waals surface area contributed by atoms with Gasteiger partial charge in [0, 0.05) is 21.7 Å². The zero-order valence-corrected chi connectivity index (χ0v) is 81.8. The number of unbranched alkanes of at least 4 members (excludes halogenated alkanes) is 3. The van der Waals surface area contributed by atoms with E-state index in [-0.39, 0.29) is 5.97 Å². The van der Waals surface area contributed by atoms with Crippen LogP contribution >= 0.6 is 37.2 Å². The normalized spacial score (nSPS) is 44.4. The minimum absolute atomic E-state index is 0.0572. The Morgan fingerprint density at radius 3 is 1.20 bits per heavy atom. The molecule has 2 aromatic carbocycles. The summed E-state index contributed by atoms with van der Waals surface area (Å²) in [5, 5.41) is 0. The number of benzene rings is 2. The summed E-state index contributed by atoms with van der Waals surface area (Å²) in [5.74, 6) is 41.2. The van der Waals surface area contributed by atoms with Crippen molar-refractivity contribution in [3.63, 3.8) is 0 Å². The van der Waals surface area contributed by atoms with Gasteiger partial charge in [-0.05, 0) is 356 Å². The summed E-state index contributed by atoms with van der Waals surface area (Å²) in [7, 11) is 9.30. The Morgan fingerprint density at radius 2 is 0.850 bits per heavy atom. The van der Waals surface area contributed by atoms with Gasteiger partial charge in [0.1, 0.15) is 11.5 Å². The van der Waals surface area contributed by atoms with Gasteiger partial charge in [-0.1, -0.05) is 248 Å². The SMILES string of the molecule is C/C=C/c1cc(OC)c(C)cc1OCCC(C)CCCC(C)C.CC1C(C)C2C(C)C(C)C3C(C)C(C)C4C(C)C(C)C5C(C)C(C)C1C1C2C3C4C51.CCCCCCc1cc(C)sc1C.COC(=O)CCCC(CC1C(C)C2C(C)C(C)C3C(C)C(C)C4C(C)C(C)C5C(C)C(C)C1C1C5C4C3C21)c1ccccc1.PPP. The number of hydrogen-bond acceptors (Lipinski definition) is 5. The monoisotopic (exact) mass is 1620 g/mol. The number of aryl methyl sites for hydroxylation is 4. The van der Waals surface area contributed by atoms with Gasteiger partial charge in [-0.3, -0.25) is 4.79 Å². The van der Waals surface area contributed by atoms with E-state index in [1.807, 2.05) is 24.3 Å². The number of hydrogen-bond donors (Lipinski definition) is 0. The molecule has 12 saturated carbocycles. The van der Waals surface area contributed by atoms with E-state index in [4.69, 9.17) is 14.2 Å². The maximum absolute atomic E-state index is 12.1. The Morgan fingerprint density at radius 1 is 0.460 bits per heavy atom. The third kappa shape index (κ3) is 17.3. The highest BCUT2D eigenvalue weighted by atomic mass is 32.4. The zero-order chi connectivity index (χ0) is 82.5. The van der Waals surface area contributed by atoms with Crippen LogP contribution in [0.3, 0.4) is 0 Å². The Bertz CT molecular complexity index is 3310. The smallest absolute Gasteiger partial charge is 0.305 e. The van der Waals surface area contributed by atoms with Gasteiger partial charge in [0.15, 0.2) is 0 Å². The highest BCUT2D eigenvalue weighted by Gasteiger charge is 2.77. The predicted octanol–water partition coefficient (Wildman–Crippen LogP) is 29.7. The second-order valence-corrected chi connectivity index (χ2v) is 49.0. The van der Waals surface area contributed by atoms with Crippen LogP contribution in [0.25, 0.3) is 6.08 Å². The van der Waals surface area contributed by atoms with Gasteiger partial charge >= 0.3 is 5.97 Å². The molecule has 12 fully saturated rings. The van der Waals surface area contributed by atoms with E-state index in [0.717, 1.165) is 305 Å². The van der Waals surface area contributed by atoms with Crippen LogP contribution in [0.5, 0.6) is 11.5 Å². The van der Waals surface area contributed by atoms with Crippen molar-refractivity contribution in [3.05, 3.63) is 86.6 Å². The number of esters is 1. The number of methoxy groups -OCH3 is 2. The highest BCUT2D eigenvalue weighted by molar-refractivity contribution is 8.33. The van der Waals surface area contributed by atoms with E-state index in [2.05, 4.69) is 252 Å². The molecule has 34 unspecified atom stereocenters. The largest absolute Gasteiger partial charge is 0.496 e. The van der Waals surface area contributed by atoms with Crippen LogP contribution in [0.15, 0.2) is 54.6 Å². The van der Waals surface area contributed by atoms with Crippen LogP contribution in [0, 0.1) is 269 Å². The third-order valence-electron chi connectivity index (χ3n) is 38.7. The van der Waals surface area contributed by atoms with Crippen molar-refractivity contribution >= 4 is 49.2 Å². The van der Waals surface area contributed by atoms with Crippen LogP contribution in [0.2, 0.25) is 0 Å². The van der Waals surface area contributed by atoms with Gasteiger partial charge in [-0.15, -0.1) is 29.2 Å². The van der Waals surface area contributed by atoms with Gasteiger partial charge < -0.3 is 14.2 Å². The lowest BCUT2D eigenvalue weighted by Crippen LogP contribution is -2.59. The molecule has 0 bridgehead atoms. The number of thiophene rings is 1. The summed E-state index contributed by atoms with van der Waals surface area (Å²) in [6.07, 6.45) is 19.8. The molecule has 0 aliphatic heterocycles. The first kappa shape index (κ1) is 92.0. The molecule has 15 rings (SSSR count). The number of allylic oxidation sites excluding steroid dienone is 1. The van der Waals surface area contributed by atoms with E-state index in [0.29, 0.717) is 12.3 Å². The molecule has 8 heteroatoms. The quantitative estimate of drug-likeness (QED) is 0.0571. The second-order valence-electron chi connectivity index (χ2n) is 43.2. The van der Waals surface area contributed by atoms with Crippen LogP contribution in [-0.4, -0.2) is 26.8 Å². The molecule has 0 saturated heterocycles. The minimum atomic E-state index is -0.0572. The van der Waals surface area contributed by atoms with Gasteiger partial charge in [0.2, 0.25) is 0 Å². The molecule has 34 atom stereocenters. The molecule has 12 aliphatic carbocycles. The molecule has 3 aromatic rings. The summed E-state index contributed by atoms with van der Waals surface area (Å²) < 4.78 is 16.5. The predicted molar refractivity (Wildman–Crippen MR) is 497 cm³/mol. The van der Waals surface area contributed by atoms with Crippen LogP contribution in [0.1, 0.15) is 281 Å². The molecule has 4 nitrogen and oxygen atoms in total. The van der Waals surface area contributed by atoms with Crippen LogP contribution in [-0.2, 0) is 16.0 Å². The number of carbonyl (C=O) groups is 1. The molecular formula is C105H173O4P3S. The minimum Gasteiger partial charge on any atom is -0.496 e. The van der Waals surface area contributed by atoms with E-state index >= 15 is 0 Å². The molecule has 0 radical (unpaired) electrons. The van der Waals surface area contributed by atoms with Gasteiger partial charge in [0.25, 0.3) is 0 Å². The van der Waals surface area contributed by atoms with E-state index < -0.39 is 0 Å². The van der Waals surface area contributed by atoms with Gasteiger partial charge in [-0.25, -0.2) is 0 Å². The first-order valence-corrected chi connectivity index (χ1v) is 53.5. The Hall–Kier alpha value is -1.76. The molecule has 638 valence electrons. The summed E-state index contributed by atoms with van der Waals surface area (Å²) in [6, 6.07) is 17.9. The topological polar surface area (TPSA) is 44.8 Å². The fraction of sp³-hybridized carbons (Fsp3) is 0.819. The number of rotatable bonds is 22. The van der Waals surface area contributed by atoms with E-state index in [1.54, 1.807) is 12.7 Å². The maximum Gasteiger partial charge on any atom is 0.305 e. The van der Waals surface area contributed by atoms with Gasteiger partial charge in [-0.2, -0.15) is 0 Å². The molecule has 0 spiro atoms. The van der Waals surface area contributed by atoms with Crippen molar-refractivity contribution in [1.82, 2.24) is 0 Å². The molecule has 113 heavy (non-hydrogen) atoms. The van der Waals surface area contributed by atoms with Crippen molar-refractivity contribution in [1.29, 1.82) is 0 Å². The average Bonchev–Trinajstić information content (AvgIpc) is 1.51.